The van der Waals surface area contributed by atoms with Crippen LogP contribution < -0.4 is 4.74 Å². The highest BCUT2D eigenvalue weighted by molar-refractivity contribution is 5.94. The third-order valence-corrected chi connectivity index (χ3v) is 4.77. The normalized spacial score (nSPS) is 14.2. The third-order valence-electron chi connectivity index (χ3n) is 4.77. The molecule has 1 saturated heterocycles. The monoisotopic (exact) mass is 370 g/mol. The van der Waals surface area contributed by atoms with Crippen molar-refractivity contribution in [1.82, 2.24) is 9.80 Å². The maximum atomic E-state index is 13.3. The van der Waals surface area contributed by atoms with Gasteiger partial charge in [-0.05, 0) is 31.2 Å². The lowest BCUT2D eigenvalue weighted by molar-refractivity contribution is -0.131. The topological polar surface area (TPSA) is 49.9 Å². The molecule has 5 nitrogen and oxygen atoms in total. The van der Waals surface area contributed by atoms with Gasteiger partial charge in [-0.2, -0.15) is 0 Å². The number of benzene rings is 2. The van der Waals surface area contributed by atoms with Crippen molar-refractivity contribution in [3.63, 3.8) is 0 Å². The quantitative estimate of drug-likeness (QED) is 0.831. The number of aryl methyl sites for hydroxylation is 1. The first-order valence-corrected chi connectivity index (χ1v) is 8.94. The second-order valence-electron chi connectivity index (χ2n) is 6.68. The maximum absolute atomic E-state index is 13.3. The van der Waals surface area contributed by atoms with Gasteiger partial charge in [0.25, 0.3) is 5.91 Å². The number of rotatable bonds is 4. The van der Waals surface area contributed by atoms with Crippen molar-refractivity contribution in [3.8, 4) is 5.75 Å². The average molecular weight is 370 g/mol. The van der Waals surface area contributed by atoms with Crippen LogP contribution in [0.1, 0.15) is 21.5 Å². The summed E-state index contributed by atoms with van der Waals surface area (Å²) in [6.45, 7) is 3.78. The molecule has 2 aromatic rings. The van der Waals surface area contributed by atoms with Crippen LogP contribution in [0.5, 0.6) is 5.75 Å². The zero-order valence-electron chi connectivity index (χ0n) is 15.6. The largest absolute Gasteiger partial charge is 0.496 e. The number of amides is 2. The molecule has 142 valence electrons. The fraction of sp³-hybridized carbons (Fsp3) is 0.333. The highest BCUT2D eigenvalue weighted by Crippen LogP contribution is 2.21. The van der Waals surface area contributed by atoms with Crippen molar-refractivity contribution in [2.24, 2.45) is 0 Å². The molecule has 3 rings (SSSR count). The molecule has 2 amide bonds. The first-order chi connectivity index (χ1) is 13.0. The summed E-state index contributed by atoms with van der Waals surface area (Å²) in [7, 11) is 1.59. The molecule has 0 unspecified atom stereocenters. The number of ether oxygens (including phenoxy) is 1. The van der Waals surface area contributed by atoms with Crippen molar-refractivity contribution in [2.45, 2.75) is 13.3 Å². The van der Waals surface area contributed by atoms with Gasteiger partial charge in [-0.25, -0.2) is 4.39 Å². The zero-order valence-corrected chi connectivity index (χ0v) is 15.6. The minimum absolute atomic E-state index is 0.0109. The predicted molar refractivity (Wildman–Crippen MR) is 100 cm³/mol. The van der Waals surface area contributed by atoms with Crippen LogP contribution >= 0.6 is 0 Å². The molecule has 0 radical (unpaired) electrons. The number of hydrogen-bond acceptors (Lipinski definition) is 3. The lowest BCUT2D eigenvalue weighted by Crippen LogP contribution is -2.51. The summed E-state index contributed by atoms with van der Waals surface area (Å²) in [5.74, 6) is 0.0781. The number of methoxy groups -OCH3 is 1. The standard InChI is InChI=1S/C21H23FN2O3/c1-15-6-7-19(27-2)17(12-15)14-20(25)23-8-10-24(11-9-23)21(26)16-4-3-5-18(22)13-16/h3-7,12-13H,8-11,14H2,1-2H3. The second-order valence-corrected chi connectivity index (χ2v) is 6.68. The summed E-state index contributed by atoms with van der Waals surface area (Å²) < 4.78 is 18.7. The van der Waals surface area contributed by atoms with Crippen LogP contribution in [0.3, 0.4) is 0 Å². The molecule has 0 spiro atoms. The van der Waals surface area contributed by atoms with E-state index in [1.54, 1.807) is 23.0 Å². The van der Waals surface area contributed by atoms with E-state index in [9.17, 15) is 14.0 Å². The first kappa shape index (κ1) is 18.9. The van der Waals surface area contributed by atoms with E-state index in [0.29, 0.717) is 37.5 Å². The smallest absolute Gasteiger partial charge is 0.254 e. The Labute approximate surface area is 158 Å². The van der Waals surface area contributed by atoms with Crippen molar-refractivity contribution in [3.05, 3.63) is 65.0 Å². The van der Waals surface area contributed by atoms with Gasteiger partial charge in [-0.15, -0.1) is 0 Å². The summed E-state index contributed by atoms with van der Waals surface area (Å²) in [6.07, 6.45) is 0.267. The molecule has 6 heteroatoms. The molecule has 0 bridgehead atoms. The number of hydrogen-bond donors (Lipinski definition) is 0. The Morgan fingerprint density at radius 3 is 2.41 bits per heavy atom. The summed E-state index contributed by atoms with van der Waals surface area (Å²) in [5, 5.41) is 0. The minimum Gasteiger partial charge on any atom is -0.496 e. The van der Waals surface area contributed by atoms with Crippen LogP contribution in [0, 0.1) is 12.7 Å². The van der Waals surface area contributed by atoms with Crippen LogP contribution in [-0.2, 0) is 11.2 Å². The second kappa shape index (κ2) is 8.20. The van der Waals surface area contributed by atoms with Gasteiger partial charge in [0, 0.05) is 37.3 Å². The fourth-order valence-electron chi connectivity index (χ4n) is 3.28. The minimum atomic E-state index is -0.429. The van der Waals surface area contributed by atoms with Gasteiger partial charge in [0.15, 0.2) is 0 Å². The van der Waals surface area contributed by atoms with Gasteiger partial charge in [0.2, 0.25) is 5.91 Å². The Kier molecular flexibility index (Phi) is 5.74. The summed E-state index contributed by atoms with van der Waals surface area (Å²) in [5.41, 5.74) is 2.27. The molecular formula is C21H23FN2O3. The molecule has 0 aromatic heterocycles. The summed E-state index contributed by atoms with van der Waals surface area (Å²) in [4.78, 5) is 28.6. The Bertz CT molecular complexity index is 845. The number of carbonyl (C=O) groups excluding carboxylic acids is 2. The molecular weight excluding hydrogens is 347 g/mol. The Hall–Kier alpha value is -2.89. The highest BCUT2D eigenvalue weighted by Gasteiger charge is 2.25. The van der Waals surface area contributed by atoms with E-state index in [1.807, 2.05) is 25.1 Å². The first-order valence-electron chi connectivity index (χ1n) is 8.94. The molecule has 0 atom stereocenters. The molecule has 1 fully saturated rings. The third kappa shape index (κ3) is 4.45. The van der Waals surface area contributed by atoms with E-state index < -0.39 is 5.82 Å². The number of nitrogens with zero attached hydrogens (tertiary/aromatic N) is 2. The molecule has 27 heavy (non-hydrogen) atoms. The van der Waals surface area contributed by atoms with Crippen LogP contribution in [0.15, 0.2) is 42.5 Å². The number of halogens is 1. The van der Waals surface area contributed by atoms with Crippen LogP contribution in [0.25, 0.3) is 0 Å². The van der Waals surface area contributed by atoms with Gasteiger partial charge in [-0.1, -0.05) is 23.8 Å². The molecule has 0 N–H and O–H groups in total. The Morgan fingerprint density at radius 1 is 1.04 bits per heavy atom. The van der Waals surface area contributed by atoms with E-state index in [1.165, 1.54) is 18.2 Å². The van der Waals surface area contributed by atoms with Gasteiger partial charge >= 0.3 is 0 Å². The molecule has 1 aliphatic heterocycles. The number of carbonyl (C=O) groups is 2. The Balaban J connectivity index is 1.60. The predicted octanol–water partition coefficient (Wildman–Crippen LogP) is 2.67. The van der Waals surface area contributed by atoms with Crippen LogP contribution in [-0.4, -0.2) is 54.9 Å². The van der Waals surface area contributed by atoms with E-state index in [0.717, 1.165) is 11.1 Å². The van der Waals surface area contributed by atoms with Crippen molar-refractivity contribution in [1.29, 1.82) is 0 Å². The number of piperazine rings is 1. The summed E-state index contributed by atoms with van der Waals surface area (Å²) in [6, 6.07) is 11.5. The SMILES string of the molecule is COc1ccc(C)cc1CC(=O)N1CCN(C(=O)c2cccc(F)c2)CC1. The highest BCUT2D eigenvalue weighted by atomic mass is 19.1. The fourth-order valence-corrected chi connectivity index (χ4v) is 3.28. The van der Waals surface area contributed by atoms with E-state index in [4.69, 9.17) is 4.74 Å². The van der Waals surface area contributed by atoms with Crippen LogP contribution in [0.2, 0.25) is 0 Å². The van der Waals surface area contributed by atoms with E-state index >= 15 is 0 Å². The molecule has 2 aromatic carbocycles. The summed E-state index contributed by atoms with van der Waals surface area (Å²) >= 11 is 0. The van der Waals surface area contributed by atoms with E-state index in [2.05, 4.69) is 0 Å². The lowest BCUT2D eigenvalue weighted by atomic mass is 10.1. The molecule has 0 aliphatic carbocycles. The lowest BCUT2D eigenvalue weighted by Gasteiger charge is -2.35. The van der Waals surface area contributed by atoms with Crippen molar-refractivity contribution < 1.29 is 18.7 Å². The van der Waals surface area contributed by atoms with E-state index in [-0.39, 0.29) is 18.2 Å². The van der Waals surface area contributed by atoms with Gasteiger partial charge in [0.05, 0.1) is 13.5 Å². The average Bonchev–Trinajstić information content (AvgIpc) is 2.67. The van der Waals surface area contributed by atoms with Crippen LogP contribution in [0.4, 0.5) is 4.39 Å². The zero-order chi connectivity index (χ0) is 19.4. The Morgan fingerprint density at radius 2 is 1.74 bits per heavy atom. The van der Waals surface area contributed by atoms with Gasteiger partial charge in [0.1, 0.15) is 11.6 Å². The van der Waals surface area contributed by atoms with Gasteiger partial charge < -0.3 is 14.5 Å². The van der Waals surface area contributed by atoms with Crippen molar-refractivity contribution >= 4 is 11.8 Å². The molecule has 1 aliphatic rings. The molecule has 1 heterocycles. The molecule has 0 saturated carbocycles. The maximum Gasteiger partial charge on any atom is 0.254 e. The van der Waals surface area contributed by atoms with Gasteiger partial charge in [-0.3, -0.25) is 9.59 Å². The van der Waals surface area contributed by atoms with Crippen molar-refractivity contribution in [2.75, 3.05) is 33.3 Å².